The molecule has 0 aliphatic rings. The molecule has 76 valence electrons. The lowest BCUT2D eigenvalue weighted by molar-refractivity contribution is 0.792. The molecule has 1 aromatic heterocycles. The molecule has 0 saturated carbocycles. The van der Waals surface area contributed by atoms with Gasteiger partial charge >= 0.3 is 0 Å². The van der Waals surface area contributed by atoms with E-state index in [-0.39, 0.29) is 0 Å². The molecule has 0 spiro atoms. The summed E-state index contributed by atoms with van der Waals surface area (Å²) < 4.78 is 0. The molecule has 0 atom stereocenters. The molecule has 2 aromatic rings. The summed E-state index contributed by atoms with van der Waals surface area (Å²) in [5.74, 6) is 0. The van der Waals surface area contributed by atoms with Crippen LogP contribution < -0.4 is 0 Å². The van der Waals surface area contributed by atoms with E-state index in [0.29, 0.717) is 0 Å². The van der Waals surface area contributed by atoms with Gasteiger partial charge < -0.3 is 0 Å². The topological polar surface area (TPSA) is 30.7 Å². The molecule has 1 aromatic carbocycles. The molecule has 0 fully saturated rings. The Hall–Kier alpha value is -1.90. The van der Waals surface area contributed by atoms with Gasteiger partial charge in [0, 0.05) is 0 Å². The summed E-state index contributed by atoms with van der Waals surface area (Å²) in [4.78, 5) is 1.57. The Labute approximate surface area is 88.7 Å². The van der Waals surface area contributed by atoms with Crippen LogP contribution in [0.15, 0.2) is 43.0 Å². The molecule has 0 radical (unpaired) electrons. The summed E-state index contributed by atoms with van der Waals surface area (Å²) in [5, 5.41) is 8.64. The molecule has 0 amide bonds. The number of benzene rings is 1. The van der Waals surface area contributed by atoms with Crippen LogP contribution in [0.3, 0.4) is 0 Å². The first kappa shape index (κ1) is 9.65. The van der Waals surface area contributed by atoms with Gasteiger partial charge in [0.05, 0.1) is 5.70 Å². The van der Waals surface area contributed by atoms with Crippen molar-refractivity contribution in [1.29, 1.82) is 0 Å². The minimum atomic E-state index is 0.785. The predicted octanol–water partition coefficient (Wildman–Crippen LogP) is 2.87. The summed E-state index contributed by atoms with van der Waals surface area (Å²) in [7, 11) is 0. The van der Waals surface area contributed by atoms with Crippen LogP contribution in [-0.2, 0) is 0 Å². The lowest BCUT2D eigenvalue weighted by Crippen LogP contribution is -1.97. The minimum absolute atomic E-state index is 0.785. The number of nitrogens with zero attached hydrogens (tertiary/aromatic N) is 3. The highest BCUT2D eigenvalue weighted by atomic mass is 15.5. The van der Waals surface area contributed by atoms with Crippen molar-refractivity contribution in [2.24, 2.45) is 0 Å². The zero-order valence-electron chi connectivity index (χ0n) is 8.72. The maximum absolute atomic E-state index is 4.32. The molecule has 2 rings (SSSR count). The third-order valence-corrected chi connectivity index (χ3v) is 2.09. The van der Waals surface area contributed by atoms with Crippen molar-refractivity contribution in [3.63, 3.8) is 0 Å². The molecule has 1 heterocycles. The van der Waals surface area contributed by atoms with E-state index in [9.17, 15) is 0 Å². The van der Waals surface area contributed by atoms with E-state index in [0.717, 1.165) is 23.2 Å². The van der Waals surface area contributed by atoms with Crippen molar-refractivity contribution in [3.8, 4) is 0 Å². The Morgan fingerprint density at radius 2 is 1.93 bits per heavy atom. The van der Waals surface area contributed by atoms with Gasteiger partial charge in [0.25, 0.3) is 0 Å². The number of rotatable bonds is 3. The molecule has 0 N–H and O–H groups in total. The Bertz CT molecular complexity index is 475. The smallest absolute Gasteiger partial charge is 0.113 e. The van der Waals surface area contributed by atoms with E-state index in [1.165, 1.54) is 0 Å². The molecule has 3 nitrogen and oxygen atoms in total. The molecule has 0 unspecified atom stereocenters. The fourth-order valence-corrected chi connectivity index (χ4v) is 1.31. The van der Waals surface area contributed by atoms with Gasteiger partial charge in [-0.2, -0.15) is 4.80 Å². The van der Waals surface area contributed by atoms with Gasteiger partial charge in [0.15, 0.2) is 0 Å². The van der Waals surface area contributed by atoms with Crippen LogP contribution in [0.4, 0.5) is 0 Å². The van der Waals surface area contributed by atoms with Crippen molar-refractivity contribution in [1.82, 2.24) is 15.0 Å². The number of aromatic nitrogens is 3. The molecule has 0 saturated heterocycles. The Morgan fingerprint density at radius 3 is 2.47 bits per heavy atom. The van der Waals surface area contributed by atoms with E-state index in [1.54, 1.807) is 4.80 Å². The first-order chi connectivity index (χ1) is 7.31. The van der Waals surface area contributed by atoms with E-state index in [1.807, 2.05) is 36.4 Å². The van der Waals surface area contributed by atoms with Gasteiger partial charge in [0.1, 0.15) is 11.0 Å². The van der Waals surface area contributed by atoms with Crippen LogP contribution in [0.1, 0.15) is 13.3 Å². The second-order valence-electron chi connectivity index (χ2n) is 3.28. The van der Waals surface area contributed by atoms with E-state index >= 15 is 0 Å². The van der Waals surface area contributed by atoms with Gasteiger partial charge in [0.2, 0.25) is 0 Å². The summed E-state index contributed by atoms with van der Waals surface area (Å²) in [5.41, 5.74) is 2.57. The Kier molecular flexibility index (Phi) is 2.63. The quantitative estimate of drug-likeness (QED) is 0.711. The number of allylic oxidation sites excluding steroid dienone is 3. The van der Waals surface area contributed by atoms with Gasteiger partial charge in [-0.25, -0.2) is 0 Å². The molecule has 15 heavy (non-hydrogen) atoms. The van der Waals surface area contributed by atoms with E-state index < -0.39 is 0 Å². The number of fused-ring (bicyclic) bond motifs is 1. The normalized spacial score (nSPS) is 11.3. The molecular weight excluding hydrogens is 186 g/mol. The highest BCUT2D eigenvalue weighted by Gasteiger charge is 2.01. The van der Waals surface area contributed by atoms with Gasteiger partial charge in [-0.1, -0.05) is 31.7 Å². The first-order valence-corrected chi connectivity index (χ1v) is 4.99. The van der Waals surface area contributed by atoms with Crippen molar-refractivity contribution < 1.29 is 0 Å². The Balaban J connectivity index is 2.36. The van der Waals surface area contributed by atoms with Gasteiger partial charge in [-0.3, -0.25) is 0 Å². The lowest BCUT2D eigenvalue weighted by atomic mass is 10.3. The van der Waals surface area contributed by atoms with Crippen molar-refractivity contribution in [3.05, 3.63) is 43.0 Å². The monoisotopic (exact) mass is 199 g/mol. The summed E-state index contributed by atoms with van der Waals surface area (Å²) in [6.45, 7) is 5.99. The minimum Gasteiger partial charge on any atom is -0.151 e. The Morgan fingerprint density at radius 1 is 1.33 bits per heavy atom. The van der Waals surface area contributed by atoms with Crippen LogP contribution in [0, 0.1) is 0 Å². The summed E-state index contributed by atoms with van der Waals surface area (Å²) >= 11 is 0. The number of hydrogen-bond acceptors (Lipinski definition) is 2. The molecule has 0 aliphatic carbocycles. The largest absolute Gasteiger partial charge is 0.151 e. The van der Waals surface area contributed by atoms with Crippen LogP contribution in [0.2, 0.25) is 0 Å². The molecular formula is C12H13N3. The lowest BCUT2D eigenvalue weighted by Gasteiger charge is -1.95. The maximum atomic E-state index is 4.32. The molecule has 0 bridgehead atoms. The zero-order chi connectivity index (χ0) is 10.7. The molecule has 0 aliphatic heterocycles. The van der Waals surface area contributed by atoms with Crippen molar-refractivity contribution in [2.45, 2.75) is 13.3 Å². The van der Waals surface area contributed by atoms with E-state index in [2.05, 4.69) is 23.7 Å². The standard InChI is InChI=1S/C12H13N3/c1-3-4-7-10(2)15-13-11-8-5-6-9-12(11)14-15/h4-9H,2-3H2,1H3/b7-4-. The van der Waals surface area contributed by atoms with Crippen molar-refractivity contribution >= 4 is 16.7 Å². The predicted molar refractivity (Wildman–Crippen MR) is 62.3 cm³/mol. The zero-order valence-corrected chi connectivity index (χ0v) is 8.72. The van der Waals surface area contributed by atoms with E-state index in [4.69, 9.17) is 0 Å². The summed E-state index contributed by atoms with van der Waals surface area (Å²) in [6, 6.07) is 7.78. The highest BCUT2D eigenvalue weighted by molar-refractivity contribution is 5.74. The third-order valence-electron chi connectivity index (χ3n) is 2.09. The number of hydrogen-bond donors (Lipinski definition) is 0. The fraction of sp³-hybridized carbons (Fsp3) is 0.167. The first-order valence-electron chi connectivity index (χ1n) is 4.99. The average molecular weight is 199 g/mol. The molecule has 3 heteroatoms. The van der Waals surface area contributed by atoms with Gasteiger partial charge in [-0.15, -0.1) is 10.2 Å². The van der Waals surface area contributed by atoms with Crippen molar-refractivity contribution in [2.75, 3.05) is 0 Å². The second-order valence-corrected chi connectivity index (χ2v) is 3.28. The third kappa shape index (κ3) is 1.96. The van der Waals surface area contributed by atoms with Crippen LogP contribution in [-0.4, -0.2) is 15.0 Å². The van der Waals surface area contributed by atoms with Crippen LogP contribution >= 0.6 is 0 Å². The second kappa shape index (κ2) is 4.09. The average Bonchev–Trinajstić information content (AvgIpc) is 2.69. The van der Waals surface area contributed by atoms with Crippen LogP contribution in [0.5, 0.6) is 0 Å². The van der Waals surface area contributed by atoms with Gasteiger partial charge in [-0.05, 0) is 24.6 Å². The van der Waals surface area contributed by atoms with Crippen LogP contribution in [0.25, 0.3) is 16.7 Å². The maximum Gasteiger partial charge on any atom is 0.113 e. The SMILES string of the molecule is C=C(/C=C\CC)n1nc2ccccc2n1. The fourth-order valence-electron chi connectivity index (χ4n) is 1.31. The highest BCUT2D eigenvalue weighted by Crippen LogP contribution is 2.10. The summed E-state index contributed by atoms with van der Waals surface area (Å²) in [6.07, 6.45) is 4.95.